The van der Waals surface area contributed by atoms with E-state index in [0.717, 1.165) is 0 Å². The first kappa shape index (κ1) is 3.48. The first-order chi connectivity index (χ1) is 2.89. The zero-order chi connectivity index (χ0) is 4.41. The van der Waals surface area contributed by atoms with E-state index in [9.17, 15) is 0 Å². The molecule has 6 heavy (non-hydrogen) atoms. The van der Waals surface area contributed by atoms with Crippen LogP contribution in [0.2, 0.25) is 0 Å². The van der Waals surface area contributed by atoms with Gasteiger partial charge in [-0.1, -0.05) is 0 Å². The third kappa shape index (κ3) is 0.436. The van der Waals surface area contributed by atoms with Crippen molar-refractivity contribution < 1.29 is 0 Å². The van der Waals surface area contributed by atoms with E-state index in [1.54, 1.807) is 0 Å². The van der Waals surface area contributed by atoms with Gasteiger partial charge in [0.15, 0.2) is 5.22 Å². The van der Waals surface area contributed by atoms with E-state index in [0.29, 0.717) is 0 Å². The van der Waals surface area contributed by atoms with E-state index in [1.807, 2.05) is 0 Å². The molecule has 1 radical (unpaired) electrons. The maximum absolute atomic E-state index is 4.40. The van der Waals surface area contributed by atoms with Crippen molar-refractivity contribution in [3.05, 3.63) is 0 Å². The Morgan fingerprint density at radius 1 is 1.67 bits per heavy atom. The van der Waals surface area contributed by atoms with Crippen LogP contribution >= 0.6 is 12.2 Å². The second kappa shape index (κ2) is 1.17. The molecule has 0 aromatic heterocycles. The second-order valence-corrected chi connectivity index (χ2v) is 1.03. The van der Waals surface area contributed by atoms with Crippen LogP contribution in [-0.2, 0) is 0 Å². The summed E-state index contributed by atoms with van der Waals surface area (Å²) in [4.78, 5) is 0. The molecule has 0 bridgehead atoms. The van der Waals surface area contributed by atoms with Gasteiger partial charge in [-0.05, 0) is 0 Å². The molecule has 5 heteroatoms. The lowest BCUT2D eigenvalue weighted by atomic mass is 11.2. The molecule has 1 aliphatic rings. The van der Waals surface area contributed by atoms with Crippen molar-refractivity contribution in [2.45, 2.75) is 0 Å². The molecular formula is CN4S+. The summed E-state index contributed by atoms with van der Waals surface area (Å²) >= 11 is 4.40. The van der Waals surface area contributed by atoms with Crippen LogP contribution in [0, 0.1) is 0 Å². The molecule has 0 N–H and O–H groups in total. The molecular weight excluding hydrogens is 100 g/mol. The van der Waals surface area contributed by atoms with Gasteiger partial charge in [0, 0.05) is 12.2 Å². The van der Waals surface area contributed by atoms with Gasteiger partial charge in [0.05, 0.1) is 5.11 Å². The quantitative estimate of drug-likeness (QED) is 0.407. The Bertz CT molecular complexity index is 110. The minimum absolute atomic E-state index is 0.204. The Kier molecular flexibility index (Phi) is 0.681. The van der Waals surface area contributed by atoms with Crippen molar-refractivity contribution in [3.8, 4) is 0 Å². The van der Waals surface area contributed by atoms with Crippen LogP contribution in [0.5, 0.6) is 0 Å². The summed E-state index contributed by atoms with van der Waals surface area (Å²) < 4.78 is 0. The fourth-order valence-corrected chi connectivity index (χ4v) is 0.210. The topological polar surface area (TPSA) is 51.2 Å². The molecule has 0 amide bonds. The predicted molar refractivity (Wildman–Crippen MR) is 22.0 cm³/mol. The summed E-state index contributed by atoms with van der Waals surface area (Å²) in [5, 5.41) is 12.9. The average Bonchev–Trinajstić information content (AvgIpc) is 1.86. The summed E-state index contributed by atoms with van der Waals surface area (Å²) in [5.41, 5.74) is 0. The van der Waals surface area contributed by atoms with Crippen molar-refractivity contribution in [3.63, 3.8) is 0 Å². The van der Waals surface area contributed by atoms with Crippen molar-refractivity contribution in [2.24, 2.45) is 15.6 Å². The largest absolute Gasteiger partial charge is 0.431 e. The average molecular weight is 100 g/mol. The van der Waals surface area contributed by atoms with E-state index >= 15 is 0 Å². The summed E-state index contributed by atoms with van der Waals surface area (Å²) in [6.07, 6.45) is 0. The van der Waals surface area contributed by atoms with E-state index < -0.39 is 0 Å². The Morgan fingerprint density at radius 3 is 2.67 bits per heavy atom. The third-order valence-corrected chi connectivity index (χ3v) is 0.464. The van der Waals surface area contributed by atoms with Crippen molar-refractivity contribution in [1.82, 2.24) is 5.11 Å². The third-order valence-electron chi connectivity index (χ3n) is 0.301. The summed E-state index contributed by atoms with van der Waals surface area (Å²) in [7, 11) is 0. The molecule has 1 rings (SSSR count). The van der Waals surface area contributed by atoms with Crippen molar-refractivity contribution >= 4 is 17.3 Å². The Balaban J connectivity index is 2.86. The fraction of sp³-hybridized carbons (Fsp3) is 0. The van der Waals surface area contributed by atoms with Gasteiger partial charge < -0.3 is 0 Å². The number of hydrogen-bond acceptors (Lipinski definition) is 3. The highest BCUT2D eigenvalue weighted by atomic mass is 32.1. The van der Waals surface area contributed by atoms with E-state index in [2.05, 4.69) is 32.9 Å². The molecule has 0 saturated heterocycles. The van der Waals surface area contributed by atoms with Gasteiger partial charge in [0.1, 0.15) is 5.11 Å². The van der Waals surface area contributed by atoms with Crippen LogP contribution in [0.3, 0.4) is 0 Å². The Hall–Kier alpha value is -0.710. The summed E-state index contributed by atoms with van der Waals surface area (Å²) in [6, 6.07) is 0. The second-order valence-electron chi connectivity index (χ2n) is 0.661. The van der Waals surface area contributed by atoms with Gasteiger partial charge in [-0.3, -0.25) is 0 Å². The summed E-state index contributed by atoms with van der Waals surface area (Å²) in [5.74, 6) is 0. The lowest BCUT2D eigenvalue weighted by Gasteiger charge is -1.42. The van der Waals surface area contributed by atoms with Crippen LogP contribution in [0.4, 0.5) is 0 Å². The molecule has 0 aliphatic carbocycles. The molecule has 0 fully saturated rings. The van der Waals surface area contributed by atoms with Gasteiger partial charge in [-0.25, -0.2) is 0 Å². The number of hydrogen-bond donors (Lipinski definition) is 0. The minimum Gasteiger partial charge on any atom is 0.00781 e. The monoisotopic (exact) mass is 100.0 g/mol. The molecule has 0 atom stereocenters. The smallest absolute Gasteiger partial charge is 0.00781 e. The van der Waals surface area contributed by atoms with E-state index in [-0.39, 0.29) is 5.11 Å². The maximum atomic E-state index is 4.40. The standard InChI is InChI=1S/CN4S/c6-1-2-4-5-3-1/q+1. The first-order valence-electron chi connectivity index (χ1n) is 1.25. The minimum atomic E-state index is 0.204. The van der Waals surface area contributed by atoms with Crippen LogP contribution in [-0.4, -0.2) is 5.11 Å². The van der Waals surface area contributed by atoms with Crippen molar-refractivity contribution in [1.29, 1.82) is 0 Å². The van der Waals surface area contributed by atoms with E-state index in [4.69, 9.17) is 0 Å². The highest BCUT2D eigenvalue weighted by Gasteiger charge is 2.08. The molecule has 0 aromatic rings. The van der Waals surface area contributed by atoms with Crippen molar-refractivity contribution in [2.75, 3.05) is 0 Å². The van der Waals surface area contributed by atoms with Gasteiger partial charge in [0.2, 0.25) is 5.22 Å². The molecule has 0 spiro atoms. The highest BCUT2D eigenvalue weighted by Crippen LogP contribution is 1.85. The van der Waals surface area contributed by atoms with Gasteiger partial charge in [-0.2, -0.15) is 0 Å². The normalized spacial score (nSPS) is 17.0. The fourth-order valence-electron chi connectivity index (χ4n) is 0.137. The molecule has 29 valence electrons. The Morgan fingerprint density at radius 2 is 2.50 bits per heavy atom. The molecule has 4 nitrogen and oxygen atoms in total. The SMILES string of the molecule is S=C1N=NN=[N+]1. The Labute approximate surface area is 39.0 Å². The van der Waals surface area contributed by atoms with E-state index in [1.165, 1.54) is 0 Å². The molecule has 1 heterocycles. The lowest BCUT2D eigenvalue weighted by Crippen LogP contribution is -1.85. The number of rotatable bonds is 0. The van der Waals surface area contributed by atoms with Crippen LogP contribution in [0.15, 0.2) is 15.6 Å². The molecule has 0 unspecified atom stereocenters. The van der Waals surface area contributed by atoms with Gasteiger partial charge in [-0.15, -0.1) is 0 Å². The molecule has 0 saturated carbocycles. The maximum Gasteiger partial charge on any atom is 0.431 e. The first-order valence-corrected chi connectivity index (χ1v) is 1.66. The zero-order valence-electron chi connectivity index (χ0n) is 2.70. The highest BCUT2D eigenvalue weighted by molar-refractivity contribution is 7.80. The van der Waals surface area contributed by atoms with Crippen LogP contribution < -0.4 is 5.11 Å². The van der Waals surface area contributed by atoms with Gasteiger partial charge >= 0.3 is 5.11 Å². The summed E-state index contributed by atoms with van der Waals surface area (Å²) in [6.45, 7) is 0. The van der Waals surface area contributed by atoms with Crippen LogP contribution in [0.25, 0.3) is 0 Å². The van der Waals surface area contributed by atoms with Gasteiger partial charge in [0.25, 0.3) is 0 Å². The predicted octanol–water partition coefficient (Wildman–Crippen LogP) is 0.440. The van der Waals surface area contributed by atoms with Crippen LogP contribution in [0.1, 0.15) is 0 Å². The number of nitrogens with zero attached hydrogens (tertiary/aromatic N) is 4. The molecule has 1 aliphatic heterocycles. The molecule has 0 aromatic carbocycles. The zero-order valence-corrected chi connectivity index (χ0v) is 3.51. The lowest BCUT2D eigenvalue weighted by molar-refractivity contribution is 1.02. The number of thiocarbonyl (C=S) groups is 1.